The van der Waals surface area contributed by atoms with Crippen molar-refractivity contribution in [1.82, 2.24) is 9.88 Å². The molecule has 0 radical (unpaired) electrons. The number of nitrogens with one attached hydrogen (secondary N) is 1. The molecule has 0 bridgehead atoms. The summed E-state index contributed by atoms with van der Waals surface area (Å²) in [4.78, 5) is 1.39. The average Bonchev–Trinajstić information content (AvgIpc) is 3.09. The summed E-state index contributed by atoms with van der Waals surface area (Å²) in [6.07, 6.45) is 2.16. The maximum Gasteiger partial charge on any atom is 0.0492 e. The minimum atomic E-state index is 0.420. The fraction of sp³-hybridized carbons (Fsp3) is 0.250. The Morgan fingerprint density at radius 3 is 2.95 bits per heavy atom. The van der Waals surface area contributed by atoms with Gasteiger partial charge in [-0.2, -0.15) is 0 Å². The van der Waals surface area contributed by atoms with Gasteiger partial charge < -0.3 is 9.88 Å². The molecule has 4 heteroatoms. The van der Waals surface area contributed by atoms with E-state index >= 15 is 0 Å². The standard InChI is InChI=1S/C16H17BrN2S/c1-12(16-6-3-11-20-16)18-8-10-19-9-7-13-14(17)4-2-5-15(13)19/h2-7,9,11-12,18H,8,10H2,1H3. The van der Waals surface area contributed by atoms with Crippen molar-refractivity contribution in [2.75, 3.05) is 6.54 Å². The number of fused-ring (bicyclic) bond motifs is 1. The first kappa shape index (κ1) is 13.9. The number of hydrogen-bond donors (Lipinski definition) is 1. The van der Waals surface area contributed by atoms with Crippen molar-refractivity contribution in [2.45, 2.75) is 19.5 Å². The second kappa shape index (κ2) is 6.12. The maximum absolute atomic E-state index is 3.60. The van der Waals surface area contributed by atoms with E-state index in [2.05, 4.69) is 80.7 Å². The summed E-state index contributed by atoms with van der Waals surface area (Å²) in [6, 6.07) is 13.2. The molecule has 104 valence electrons. The first-order chi connectivity index (χ1) is 9.75. The molecule has 3 rings (SSSR count). The van der Waals surface area contributed by atoms with Crippen LogP contribution in [0.4, 0.5) is 0 Å². The number of benzene rings is 1. The Kier molecular flexibility index (Phi) is 4.24. The minimum absolute atomic E-state index is 0.420. The van der Waals surface area contributed by atoms with Crippen LogP contribution in [0.1, 0.15) is 17.8 Å². The fourth-order valence-electron chi connectivity index (χ4n) is 2.42. The van der Waals surface area contributed by atoms with Crippen LogP contribution < -0.4 is 5.32 Å². The van der Waals surface area contributed by atoms with E-state index in [-0.39, 0.29) is 0 Å². The molecular formula is C16H17BrN2S. The van der Waals surface area contributed by atoms with Crippen molar-refractivity contribution in [3.8, 4) is 0 Å². The van der Waals surface area contributed by atoms with Gasteiger partial charge in [-0.05, 0) is 36.6 Å². The molecule has 0 amide bonds. The molecule has 0 saturated heterocycles. The molecular weight excluding hydrogens is 332 g/mol. The van der Waals surface area contributed by atoms with Crippen LogP contribution in [0.5, 0.6) is 0 Å². The quantitative estimate of drug-likeness (QED) is 0.699. The Balaban J connectivity index is 1.64. The molecule has 0 fully saturated rings. The second-order valence-corrected chi connectivity index (χ2v) is 6.71. The molecule has 0 aliphatic heterocycles. The number of halogens is 1. The van der Waals surface area contributed by atoms with Gasteiger partial charge in [-0.3, -0.25) is 0 Å². The summed E-state index contributed by atoms with van der Waals surface area (Å²) in [5.41, 5.74) is 1.28. The molecule has 0 aliphatic carbocycles. The fourth-order valence-corrected chi connectivity index (χ4v) is 3.67. The first-order valence-corrected chi connectivity index (χ1v) is 8.43. The van der Waals surface area contributed by atoms with E-state index in [1.807, 2.05) is 11.3 Å². The predicted molar refractivity (Wildman–Crippen MR) is 90.4 cm³/mol. The molecule has 0 saturated carbocycles. The third-order valence-electron chi connectivity index (χ3n) is 3.53. The highest BCUT2D eigenvalue weighted by Crippen LogP contribution is 2.24. The van der Waals surface area contributed by atoms with Gasteiger partial charge in [0.05, 0.1) is 0 Å². The van der Waals surface area contributed by atoms with Crippen LogP contribution in [0.3, 0.4) is 0 Å². The average molecular weight is 349 g/mol. The predicted octanol–water partition coefficient (Wildman–Crippen LogP) is 4.82. The number of nitrogens with zero attached hydrogens (tertiary/aromatic N) is 1. The first-order valence-electron chi connectivity index (χ1n) is 6.76. The van der Waals surface area contributed by atoms with Gasteiger partial charge in [-0.15, -0.1) is 11.3 Å². The van der Waals surface area contributed by atoms with Gasteiger partial charge >= 0.3 is 0 Å². The molecule has 0 spiro atoms. The third kappa shape index (κ3) is 2.82. The van der Waals surface area contributed by atoms with Crippen molar-refractivity contribution in [1.29, 1.82) is 0 Å². The van der Waals surface area contributed by atoms with Crippen LogP contribution in [-0.2, 0) is 6.54 Å². The van der Waals surface area contributed by atoms with Gasteiger partial charge in [0.25, 0.3) is 0 Å². The molecule has 1 N–H and O–H groups in total. The molecule has 2 heterocycles. The van der Waals surface area contributed by atoms with Gasteiger partial charge in [0, 0.05) is 45.6 Å². The number of rotatable bonds is 5. The van der Waals surface area contributed by atoms with Crippen LogP contribution in [0.15, 0.2) is 52.4 Å². The van der Waals surface area contributed by atoms with Crippen molar-refractivity contribution in [2.24, 2.45) is 0 Å². The molecule has 2 nitrogen and oxygen atoms in total. The van der Waals surface area contributed by atoms with Gasteiger partial charge in [0.15, 0.2) is 0 Å². The van der Waals surface area contributed by atoms with E-state index < -0.39 is 0 Å². The Morgan fingerprint density at radius 2 is 2.15 bits per heavy atom. The zero-order valence-corrected chi connectivity index (χ0v) is 13.7. The topological polar surface area (TPSA) is 17.0 Å². The van der Waals surface area contributed by atoms with Crippen LogP contribution in [0.2, 0.25) is 0 Å². The Bertz CT molecular complexity index is 688. The summed E-state index contributed by atoms with van der Waals surface area (Å²) in [6.45, 7) is 4.17. The van der Waals surface area contributed by atoms with E-state index in [9.17, 15) is 0 Å². The molecule has 1 unspecified atom stereocenters. The van der Waals surface area contributed by atoms with E-state index in [0.29, 0.717) is 6.04 Å². The lowest BCUT2D eigenvalue weighted by Gasteiger charge is -2.13. The molecule has 0 aliphatic rings. The molecule has 2 aromatic heterocycles. The van der Waals surface area contributed by atoms with Gasteiger partial charge in [0.1, 0.15) is 0 Å². The maximum atomic E-state index is 3.60. The molecule has 20 heavy (non-hydrogen) atoms. The summed E-state index contributed by atoms with van der Waals surface area (Å²) in [5, 5.41) is 6.99. The normalized spacial score (nSPS) is 12.9. The van der Waals surface area contributed by atoms with E-state index in [1.165, 1.54) is 15.8 Å². The van der Waals surface area contributed by atoms with Crippen LogP contribution in [-0.4, -0.2) is 11.1 Å². The number of thiophene rings is 1. The zero-order chi connectivity index (χ0) is 13.9. The Hall–Kier alpha value is -1.10. The van der Waals surface area contributed by atoms with Gasteiger partial charge in [0.2, 0.25) is 0 Å². The number of aromatic nitrogens is 1. The third-order valence-corrected chi connectivity index (χ3v) is 5.28. The highest BCUT2D eigenvalue weighted by atomic mass is 79.9. The Morgan fingerprint density at radius 1 is 1.25 bits per heavy atom. The highest BCUT2D eigenvalue weighted by Gasteiger charge is 2.06. The lowest BCUT2D eigenvalue weighted by molar-refractivity contribution is 0.543. The summed E-state index contributed by atoms with van der Waals surface area (Å²) >= 11 is 5.41. The van der Waals surface area contributed by atoms with Gasteiger partial charge in [-0.25, -0.2) is 0 Å². The molecule has 3 aromatic rings. The summed E-state index contributed by atoms with van der Waals surface area (Å²) < 4.78 is 3.46. The van der Waals surface area contributed by atoms with Crippen LogP contribution >= 0.6 is 27.3 Å². The summed E-state index contributed by atoms with van der Waals surface area (Å²) in [7, 11) is 0. The van der Waals surface area contributed by atoms with Crippen molar-refractivity contribution in [3.05, 3.63) is 57.3 Å². The largest absolute Gasteiger partial charge is 0.346 e. The van der Waals surface area contributed by atoms with E-state index in [0.717, 1.165) is 17.6 Å². The zero-order valence-electron chi connectivity index (χ0n) is 11.3. The van der Waals surface area contributed by atoms with E-state index in [4.69, 9.17) is 0 Å². The van der Waals surface area contributed by atoms with Gasteiger partial charge in [-0.1, -0.05) is 28.1 Å². The number of hydrogen-bond acceptors (Lipinski definition) is 2. The smallest absolute Gasteiger partial charge is 0.0492 e. The monoisotopic (exact) mass is 348 g/mol. The van der Waals surface area contributed by atoms with Crippen LogP contribution in [0, 0.1) is 0 Å². The lowest BCUT2D eigenvalue weighted by atomic mass is 10.2. The van der Waals surface area contributed by atoms with Crippen molar-refractivity contribution >= 4 is 38.2 Å². The molecule has 1 atom stereocenters. The van der Waals surface area contributed by atoms with Crippen molar-refractivity contribution < 1.29 is 0 Å². The minimum Gasteiger partial charge on any atom is -0.346 e. The summed E-state index contributed by atoms with van der Waals surface area (Å²) in [5.74, 6) is 0. The molecule has 1 aromatic carbocycles. The van der Waals surface area contributed by atoms with Crippen molar-refractivity contribution in [3.63, 3.8) is 0 Å². The van der Waals surface area contributed by atoms with E-state index in [1.54, 1.807) is 0 Å². The van der Waals surface area contributed by atoms with Crippen LogP contribution in [0.25, 0.3) is 10.9 Å². The Labute approximate surface area is 131 Å². The highest BCUT2D eigenvalue weighted by molar-refractivity contribution is 9.10. The lowest BCUT2D eigenvalue weighted by Crippen LogP contribution is -2.22. The SMILES string of the molecule is CC(NCCn1ccc2c(Br)cccc21)c1cccs1. The second-order valence-electron chi connectivity index (χ2n) is 4.87.